The van der Waals surface area contributed by atoms with Crippen LogP contribution in [-0.4, -0.2) is 86.6 Å². The lowest BCUT2D eigenvalue weighted by Crippen LogP contribution is -2.58. The van der Waals surface area contributed by atoms with Gasteiger partial charge in [0.15, 0.2) is 6.29 Å². The van der Waals surface area contributed by atoms with E-state index in [1.54, 1.807) is 13.8 Å². The van der Waals surface area contributed by atoms with Crippen molar-refractivity contribution in [1.29, 1.82) is 0 Å². The third kappa shape index (κ3) is 11.0. The second-order valence-corrected chi connectivity index (χ2v) is 13.5. The summed E-state index contributed by atoms with van der Waals surface area (Å²) in [5.41, 5.74) is 3.42. The first-order valence-electron chi connectivity index (χ1n) is 16.8. The van der Waals surface area contributed by atoms with Crippen LogP contribution in [0.3, 0.4) is 0 Å². The van der Waals surface area contributed by atoms with Crippen molar-refractivity contribution in [2.45, 2.75) is 144 Å². The molecule has 2 heterocycles. The van der Waals surface area contributed by atoms with Crippen LogP contribution in [0, 0.1) is 23.7 Å². The van der Waals surface area contributed by atoms with Crippen molar-refractivity contribution in [3.8, 4) is 0 Å². The second kappa shape index (κ2) is 18.4. The normalized spacial score (nSPS) is 44.1. The first-order chi connectivity index (χ1) is 21.5. The minimum absolute atomic E-state index is 0.147. The third-order valence-electron chi connectivity index (χ3n) is 9.34. The molecule has 46 heavy (non-hydrogen) atoms. The Morgan fingerprint density at radius 1 is 0.935 bits per heavy atom. The largest absolute Gasteiger partial charge is 0.457 e. The number of hydrogen-bond acceptors (Lipinski definition) is 9. The molecular weight excluding hydrogens is 588 g/mol. The number of esters is 1. The number of hydrogen-bond donors (Lipinski definition) is 5. The third-order valence-corrected chi connectivity index (χ3v) is 9.34. The summed E-state index contributed by atoms with van der Waals surface area (Å²) in [6.45, 7) is 18.8. The SMILES string of the molecule is C/C=C(\CC)[C@H]1OC(=O)[C@H](C)[C@@H](O[C@@H]2O[C@@H](C)C(O)[C@@H](O)[C@H]2O)/C(C)=C/C=C/[C@H](C)C/C(C)=C/[C@@H](C)[C@H](O)C[C@@H](O)/C(C)=C/[C@H]1C. The van der Waals surface area contributed by atoms with Crippen LogP contribution in [0.15, 0.2) is 58.7 Å². The maximum absolute atomic E-state index is 13.9. The van der Waals surface area contributed by atoms with Crippen LogP contribution in [0.2, 0.25) is 0 Å². The fourth-order valence-electron chi connectivity index (χ4n) is 6.27. The minimum atomic E-state index is -1.53. The standard InChI is InChI=1S/C37H60O9/c1-11-28(12-2)35-25(8)18-24(7)30(39)19-29(38)23(6)17-21(4)16-20(3)14-13-15-22(5)34(26(9)36(43)45-35)46-37-33(42)32(41)31(40)27(10)44-37/h11,13-15,17-18,20,23,25-27,29-35,37-42H,12,16,19H2,1-10H3/b14-13+,21-17+,22-15+,24-18+,28-11+/t20-,23+,25+,26+,27-,29+,30+,31?,32+,33+,34-,35-,37-/m0/s1. The van der Waals surface area contributed by atoms with Gasteiger partial charge in [-0.05, 0) is 77.0 Å². The molecule has 5 N–H and O–H groups in total. The van der Waals surface area contributed by atoms with Crippen LogP contribution in [0.5, 0.6) is 0 Å². The van der Waals surface area contributed by atoms with Crippen LogP contribution in [-0.2, 0) is 19.0 Å². The van der Waals surface area contributed by atoms with Gasteiger partial charge in [-0.3, -0.25) is 4.79 Å². The lowest BCUT2D eigenvalue weighted by Gasteiger charge is -2.41. The first-order valence-corrected chi connectivity index (χ1v) is 16.8. The van der Waals surface area contributed by atoms with Crippen LogP contribution in [0.1, 0.15) is 88.5 Å². The molecule has 0 aromatic heterocycles. The quantitative estimate of drug-likeness (QED) is 0.212. The molecule has 2 aliphatic heterocycles. The lowest BCUT2D eigenvalue weighted by atomic mass is 9.89. The van der Waals surface area contributed by atoms with Crippen molar-refractivity contribution in [3.63, 3.8) is 0 Å². The summed E-state index contributed by atoms with van der Waals surface area (Å²) in [6.07, 6.45) is 3.81. The monoisotopic (exact) mass is 648 g/mol. The van der Waals surface area contributed by atoms with E-state index < -0.39 is 67.0 Å². The molecule has 1 saturated heterocycles. The minimum Gasteiger partial charge on any atom is -0.457 e. The number of carbonyl (C=O) groups is 1. The zero-order valence-corrected chi connectivity index (χ0v) is 29.5. The first kappa shape index (κ1) is 40.1. The van der Waals surface area contributed by atoms with Crippen molar-refractivity contribution in [2.75, 3.05) is 0 Å². The van der Waals surface area contributed by atoms with E-state index in [0.717, 1.165) is 17.6 Å². The molecule has 9 nitrogen and oxygen atoms in total. The fraction of sp³-hybridized carbons (Fsp3) is 0.703. The Kier molecular flexibility index (Phi) is 16.1. The summed E-state index contributed by atoms with van der Waals surface area (Å²) >= 11 is 0. The average Bonchev–Trinajstić information content (AvgIpc) is 2.99. The predicted octanol–water partition coefficient (Wildman–Crippen LogP) is 4.92. The predicted molar refractivity (Wildman–Crippen MR) is 179 cm³/mol. The highest BCUT2D eigenvalue weighted by atomic mass is 16.7. The molecule has 9 heteroatoms. The van der Waals surface area contributed by atoms with E-state index in [1.807, 2.05) is 78.8 Å². The van der Waals surface area contributed by atoms with Gasteiger partial charge in [0.2, 0.25) is 0 Å². The molecule has 13 atom stereocenters. The molecule has 0 bridgehead atoms. The Hall–Kier alpha value is -2.11. The summed E-state index contributed by atoms with van der Waals surface area (Å²) in [5, 5.41) is 53.2. The van der Waals surface area contributed by atoms with E-state index in [0.29, 0.717) is 17.6 Å². The zero-order chi connectivity index (χ0) is 34.9. The summed E-state index contributed by atoms with van der Waals surface area (Å²) in [5.74, 6) is -1.63. The van der Waals surface area contributed by atoms with Gasteiger partial charge in [0.25, 0.3) is 0 Å². The van der Waals surface area contributed by atoms with Gasteiger partial charge in [-0.25, -0.2) is 0 Å². The Morgan fingerprint density at radius 2 is 1.59 bits per heavy atom. The highest BCUT2D eigenvalue weighted by Crippen LogP contribution is 2.30. The molecule has 0 amide bonds. The van der Waals surface area contributed by atoms with Gasteiger partial charge < -0.3 is 39.7 Å². The molecule has 0 radical (unpaired) electrons. The molecule has 1 unspecified atom stereocenters. The summed E-state index contributed by atoms with van der Waals surface area (Å²) in [7, 11) is 0. The maximum Gasteiger partial charge on any atom is 0.312 e. The van der Waals surface area contributed by atoms with E-state index >= 15 is 0 Å². The lowest BCUT2D eigenvalue weighted by molar-refractivity contribution is -0.303. The smallest absolute Gasteiger partial charge is 0.312 e. The van der Waals surface area contributed by atoms with Crippen molar-refractivity contribution >= 4 is 5.97 Å². The highest BCUT2D eigenvalue weighted by molar-refractivity contribution is 5.74. The summed E-state index contributed by atoms with van der Waals surface area (Å²) < 4.78 is 18.2. The molecule has 2 rings (SSSR count). The zero-order valence-electron chi connectivity index (χ0n) is 29.5. The van der Waals surface area contributed by atoms with Gasteiger partial charge in [0.1, 0.15) is 24.4 Å². The molecule has 2 aliphatic rings. The number of carbonyl (C=O) groups excluding carboxylic acids is 1. The van der Waals surface area contributed by atoms with E-state index in [2.05, 4.69) is 13.0 Å². The number of allylic oxidation sites excluding steroid dienone is 5. The summed E-state index contributed by atoms with van der Waals surface area (Å²) in [4.78, 5) is 13.9. The Bertz CT molecular complexity index is 1140. The molecule has 0 aromatic carbocycles. The van der Waals surface area contributed by atoms with Crippen LogP contribution in [0.25, 0.3) is 0 Å². The van der Waals surface area contributed by atoms with E-state index in [4.69, 9.17) is 14.2 Å². The topological polar surface area (TPSA) is 146 Å². The Labute approximate surface area is 276 Å². The molecule has 0 saturated carbocycles. The van der Waals surface area contributed by atoms with E-state index in [1.165, 1.54) is 0 Å². The van der Waals surface area contributed by atoms with Gasteiger partial charge in [-0.1, -0.05) is 69.7 Å². The fourth-order valence-corrected chi connectivity index (χ4v) is 6.27. The number of cyclic esters (lactones) is 1. The number of aliphatic hydroxyl groups excluding tert-OH is 5. The number of rotatable bonds is 4. The Balaban J connectivity index is 2.59. The van der Waals surface area contributed by atoms with Crippen molar-refractivity contribution < 1.29 is 44.5 Å². The molecular formula is C37H60O9. The van der Waals surface area contributed by atoms with Crippen molar-refractivity contribution in [3.05, 3.63) is 58.7 Å². The van der Waals surface area contributed by atoms with Crippen LogP contribution < -0.4 is 0 Å². The molecule has 0 spiro atoms. The second-order valence-electron chi connectivity index (χ2n) is 13.5. The number of aliphatic hydroxyl groups is 5. The van der Waals surface area contributed by atoms with Crippen molar-refractivity contribution in [2.24, 2.45) is 23.7 Å². The Morgan fingerprint density at radius 3 is 2.20 bits per heavy atom. The summed E-state index contributed by atoms with van der Waals surface area (Å²) in [6, 6.07) is 0. The molecule has 262 valence electrons. The van der Waals surface area contributed by atoms with Gasteiger partial charge in [-0.15, -0.1) is 0 Å². The van der Waals surface area contributed by atoms with Gasteiger partial charge in [0.05, 0.1) is 30.3 Å². The van der Waals surface area contributed by atoms with Crippen molar-refractivity contribution in [1.82, 2.24) is 0 Å². The molecule has 0 aliphatic carbocycles. The number of ether oxygens (including phenoxy) is 3. The van der Waals surface area contributed by atoms with Gasteiger partial charge in [-0.2, -0.15) is 0 Å². The van der Waals surface area contributed by atoms with Crippen LogP contribution >= 0.6 is 0 Å². The maximum atomic E-state index is 13.9. The van der Waals surface area contributed by atoms with Gasteiger partial charge >= 0.3 is 5.97 Å². The van der Waals surface area contributed by atoms with E-state index in [9.17, 15) is 30.3 Å². The average molecular weight is 649 g/mol. The van der Waals surface area contributed by atoms with Crippen LogP contribution in [0.4, 0.5) is 0 Å². The van der Waals surface area contributed by atoms with Gasteiger partial charge in [0, 0.05) is 18.3 Å². The molecule has 1 fully saturated rings. The molecule has 0 aromatic rings. The highest BCUT2D eigenvalue weighted by Gasteiger charge is 2.45. The van der Waals surface area contributed by atoms with E-state index in [-0.39, 0.29) is 24.2 Å².